The minimum Gasteiger partial charge on any atom is -0.494 e. The van der Waals surface area contributed by atoms with Gasteiger partial charge in [-0.1, -0.05) is 12.1 Å². The Kier molecular flexibility index (Phi) is 7.78. The first kappa shape index (κ1) is 27.0. The number of rotatable bonds is 9. The highest BCUT2D eigenvalue weighted by atomic mass is 32.2. The number of nitrogens with one attached hydrogen (secondary N) is 4. The molecule has 5 N–H and O–H groups in total. The molecule has 2 aromatic carbocycles. The van der Waals surface area contributed by atoms with E-state index >= 15 is 0 Å². The van der Waals surface area contributed by atoms with Crippen LogP contribution < -0.4 is 30.3 Å². The molecule has 2 aliphatic rings. The monoisotopic (exact) mass is 553 g/mol. The number of nitrogens with zero attached hydrogens (tertiary/aromatic N) is 3. The zero-order valence-electron chi connectivity index (χ0n) is 22.4. The Labute approximate surface area is 229 Å². The number of benzene rings is 2. The molecule has 2 aliphatic heterocycles. The van der Waals surface area contributed by atoms with Crippen molar-refractivity contribution < 1.29 is 18.3 Å². The number of sulfonamides is 1. The summed E-state index contributed by atoms with van der Waals surface area (Å²) in [6.45, 7) is 5.74. The summed E-state index contributed by atoms with van der Waals surface area (Å²) < 4.78 is 34.3. The topological polar surface area (TPSA) is 141 Å². The van der Waals surface area contributed by atoms with Crippen molar-refractivity contribution in [1.29, 1.82) is 0 Å². The van der Waals surface area contributed by atoms with Gasteiger partial charge in [0.2, 0.25) is 16.0 Å². The van der Waals surface area contributed by atoms with E-state index in [1.807, 2.05) is 18.2 Å². The van der Waals surface area contributed by atoms with Gasteiger partial charge in [0.25, 0.3) is 0 Å². The number of fused-ring (bicyclic) bond motifs is 1. The van der Waals surface area contributed by atoms with Crippen molar-refractivity contribution in [3.05, 3.63) is 48.0 Å². The minimum atomic E-state index is -3.73. The third-order valence-corrected chi connectivity index (χ3v) is 8.41. The van der Waals surface area contributed by atoms with Gasteiger partial charge in [-0.2, -0.15) is 9.97 Å². The molecule has 1 atom stereocenters. The van der Waals surface area contributed by atoms with Crippen molar-refractivity contribution >= 4 is 44.7 Å². The SMILES string of the molecule is COc1cc(N2CCCC(O)C2)ccc1Nc1nc2c(c(Nc3ccccc3S(=O)(=O)NC(C)C)n1)CCN2. The van der Waals surface area contributed by atoms with Crippen LogP contribution in [0.25, 0.3) is 0 Å². The second-order valence-corrected chi connectivity index (χ2v) is 11.7. The Balaban J connectivity index is 1.44. The molecular formula is C27H35N7O4S. The lowest BCUT2D eigenvalue weighted by Gasteiger charge is -2.32. The minimum absolute atomic E-state index is 0.145. The molecule has 1 saturated heterocycles. The average Bonchev–Trinajstić information content (AvgIpc) is 3.37. The zero-order chi connectivity index (χ0) is 27.6. The third-order valence-electron chi connectivity index (χ3n) is 6.69. The second-order valence-electron chi connectivity index (χ2n) is 10.0. The maximum Gasteiger partial charge on any atom is 0.242 e. The fourth-order valence-corrected chi connectivity index (χ4v) is 6.34. The predicted octanol–water partition coefficient (Wildman–Crippen LogP) is 3.59. The summed E-state index contributed by atoms with van der Waals surface area (Å²) in [6.07, 6.45) is 2.13. The Morgan fingerprint density at radius 1 is 1.13 bits per heavy atom. The summed E-state index contributed by atoms with van der Waals surface area (Å²) in [4.78, 5) is 11.7. The van der Waals surface area contributed by atoms with E-state index in [1.54, 1.807) is 45.2 Å². The van der Waals surface area contributed by atoms with Crippen LogP contribution in [0.15, 0.2) is 47.4 Å². The van der Waals surface area contributed by atoms with Gasteiger partial charge in [0, 0.05) is 43.0 Å². The summed E-state index contributed by atoms with van der Waals surface area (Å²) in [5.74, 6) is 2.17. The highest BCUT2D eigenvalue weighted by Gasteiger charge is 2.24. The lowest BCUT2D eigenvalue weighted by atomic mass is 10.1. The number of hydrogen-bond acceptors (Lipinski definition) is 10. The molecule has 1 fully saturated rings. The number of ether oxygens (including phenoxy) is 1. The van der Waals surface area contributed by atoms with E-state index in [1.165, 1.54) is 0 Å². The van der Waals surface area contributed by atoms with Crippen molar-refractivity contribution in [1.82, 2.24) is 14.7 Å². The summed E-state index contributed by atoms with van der Waals surface area (Å²) in [6, 6.07) is 12.4. The highest BCUT2D eigenvalue weighted by Crippen LogP contribution is 2.36. The van der Waals surface area contributed by atoms with Gasteiger partial charge in [-0.15, -0.1) is 0 Å². The van der Waals surface area contributed by atoms with E-state index in [0.29, 0.717) is 54.2 Å². The van der Waals surface area contributed by atoms with E-state index < -0.39 is 10.0 Å². The number of piperidine rings is 1. The van der Waals surface area contributed by atoms with Crippen LogP contribution in [-0.4, -0.2) is 62.4 Å². The van der Waals surface area contributed by atoms with Crippen LogP contribution >= 0.6 is 0 Å². The van der Waals surface area contributed by atoms with Crippen molar-refractivity contribution in [3.63, 3.8) is 0 Å². The number of β-amino-alcohol motifs (C(OH)–C–C–N with tert-alkyl or cyclic N) is 1. The lowest BCUT2D eigenvalue weighted by molar-refractivity contribution is 0.154. The Bertz CT molecular complexity index is 1450. The fraction of sp³-hybridized carbons (Fsp3) is 0.407. The van der Waals surface area contributed by atoms with Crippen molar-refractivity contribution in [2.45, 2.75) is 50.2 Å². The van der Waals surface area contributed by atoms with Crippen LogP contribution in [0.2, 0.25) is 0 Å². The van der Waals surface area contributed by atoms with Crippen LogP contribution in [-0.2, 0) is 16.4 Å². The van der Waals surface area contributed by atoms with Crippen molar-refractivity contribution in [2.24, 2.45) is 0 Å². The van der Waals surface area contributed by atoms with Gasteiger partial charge < -0.3 is 30.7 Å². The number of para-hydroxylation sites is 1. The summed E-state index contributed by atoms with van der Waals surface area (Å²) in [5, 5.41) is 19.9. The van der Waals surface area contributed by atoms with Crippen LogP contribution in [0.5, 0.6) is 5.75 Å². The third kappa shape index (κ3) is 6.02. The fourth-order valence-electron chi connectivity index (χ4n) is 4.93. The highest BCUT2D eigenvalue weighted by molar-refractivity contribution is 7.89. The molecule has 0 spiro atoms. The number of aromatic nitrogens is 2. The van der Waals surface area contributed by atoms with Crippen LogP contribution in [0.3, 0.4) is 0 Å². The molecular weight excluding hydrogens is 518 g/mol. The number of aliphatic hydroxyl groups excluding tert-OH is 1. The van der Waals surface area contributed by atoms with Crippen LogP contribution in [0.4, 0.5) is 34.6 Å². The van der Waals surface area contributed by atoms with Crippen LogP contribution in [0.1, 0.15) is 32.3 Å². The molecule has 11 nitrogen and oxygen atoms in total. The largest absolute Gasteiger partial charge is 0.494 e. The van der Waals surface area contributed by atoms with Gasteiger partial charge in [0.1, 0.15) is 22.3 Å². The van der Waals surface area contributed by atoms with Gasteiger partial charge in [-0.3, -0.25) is 0 Å². The molecule has 3 aromatic rings. The standard InChI is InChI=1S/C27H35N7O4S/c1-17(2)33-39(36,37)24-9-5-4-8-22(24)29-26-20-12-13-28-25(20)31-27(32-26)30-21-11-10-18(15-23(21)38-3)34-14-6-7-19(35)16-34/h4-5,8-11,15,17,19,33,35H,6-7,12-14,16H2,1-3H3,(H3,28,29,30,31,32). The lowest BCUT2D eigenvalue weighted by Crippen LogP contribution is -2.38. The Hall–Kier alpha value is -3.61. The van der Waals surface area contributed by atoms with E-state index in [9.17, 15) is 13.5 Å². The van der Waals surface area contributed by atoms with Crippen molar-refractivity contribution in [3.8, 4) is 5.75 Å². The molecule has 0 bridgehead atoms. The molecule has 1 aromatic heterocycles. The Morgan fingerprint density at radius 3 is 2.72 bits per heavy atom. The van der Waals surface area contributed by atoms with E-state index in [0.717, 1.165) is 30.6 Å². The number of hydrogen-bond donors (Lipinski definition) is 5. The van der Waals surface area contributed by atoms with Gasteiger partial charge in [-0.05, 0) is 57.4 Å². The van der Waals surface area contributed by atoms with Gasteiger partial charge in [0.05, 0.1) is 24.6 Å². The quantitative estimate of drug-likeness (QED) is 0.267. The summed E-state index contributed by atoms with van der Waals surface area (Å²) in [7, 11) is -2.13. The molecule has 0 amide bonds. The molecule has 0 aliphatic carbocycles. The first-order chi connectivity index (χ1) is 18.7. The molecule has 5 rings (SSSR count). The molecule has 1 unspecified atom stereocenters. The second kappa shape index (κ2) is 11.2. The molecule has 0 saturated carbocycles. The van der Waals surface area contributed by atoms with Crippen LogP contribution in [0, 0.1) is 0 Å². The first-order valence-corrected chi connectivity index (χ1v) is 14.6. The maximum absolute atomic E-state index is 13.0. The molecule has 39 heavy (non-hydrogen) atoms. The van der Waals surface area contributed by atoms with Gasteiger partial charge in [-0.25, -0.2) is 13.1 Å². The molecule has 0 radical (unpaired) electrons. The maximum atomic E-state index is 13.0. The van der Waals surface area contributed by atoms with E-state index in [-0.39, 0.29) is 17.0 Å². The smallest absolute Gasteiger partial charge is 0.242 e. The van der Waals surface area contributed by atoms with Gasteiger partial charge in [0.15, 0.2) is 0 Å². The van der Waals surface area contributed by atoms with Gasteiger partial charge >= 0.3 is 0 Å². The molecule has 208 valence electrons. The number of anilines is 6. The van der Waals surface area contributed by atoms with E-state index in [2.05, 4.69) is 30.6 Å². The average molecular weight is 554 g/mol. The number of aliphatic hydroxyl groups is 1. The normalized spacial score (nSPS) is 17.1. The number of methoxy groups -OCH3 is 1. The summed E-state index contributed by atoms with van der Waals surface area (Å²) >= 11 is 0. The summed E-state index contributed by atoms with van der Waals surface area (Å²) in [5.41, 5.74) is 2.97. The molecule has 12 heteroatoms. The van der Waals surface area contributed by atoms with Crippen molar-refractivity contribution in [2.75, 3.05) is 47.6 Å². The Morgan fingerprint density at radius 2 is 1.95 bits per heavy atom. The zero-order valence-corrected chi connectivity index (χ0v) is 23.2. The molecule has 3 heterocycles. The van der Waals surface area contributed by atoms with E-state index in [4.69, 9.17) is 9.72 Å². The first-order valence-electron chi connectivity index (χ1n) is 13.1. The predicted molar refractivity (Wildman–Crippen MR) is 153 cm³/mol.